The summed E-state index contributed by atoms with van der Waals surface area (Å²) in [5.74, 6) is 0.0108. The van der Waals surface area contributed by atoms with Crippen LogP contribution in [-0.4, -0.2) is 23.4 Å². The number of halogens is 1. The Morgan fingerprint density at radius 2 is 2.15 bits per heavy atom. The van der Waals surface area contributed by atoms with Crippen molar-refractivity contribution in [3.8, 4) is 0 Å². The highest BCUT2D eigenvalue weighted by Gasteiger charge is 2.23. The van der Waals surface area contributed by atoms with Gasteiger partial charge in [0.25, 0.3) is 5.91 Å². The molecule has 1 unspecified atom stereocenters. The molecule has 1 aromatic carbocycles. The first-order chi connectivity index (χ1) is 9.49. The Morgan fingerprint density at radius 3 is 2.75 bits per heavy atom. The fraction of sp³-hybridized carbons (Fsp3) is 0.400. The van der Waals surface area contributed by atoms with Gasteiger partial charge in [-0.05, 0) is 38.5 Å². The van der Waals surface area contributed by atoms with Gasteiger partial charge >= 0.3 is 0 Å². The van der Waals surface area contributed by atoms with Gasteiger partial charge in [0.05, 0.1) is 5.69 Å². The molecule has 0 bridgehead atoms. The van der Waals surface area contributed by atoms with Crippen LogP contribution in [0, 0.1) is 0 Å². The van der Waals surface area contributed by atoms with Gasteiger partial charge in [-0.3, -0.25) is 4.79 Å². The van der Waals surface area contributed by atoms with E-state index in [1.54, 1.807) is 0 Å². The molecule has 0 spiro atoms. The predicted molar refractivity (Wildman–Crippen MR) is 87.7 cm³/mol. The molecule has 1 aromatic heterocycles. The van der Waals surface area contributed by atoms with Gasteiger partial charge < -0.3 is 10.6 Å². The average molecular weight is 311 g/mol. The molecule has 0 saturated heterocycles. The number of hydrogen-bond donors (Lipinski definition) is 1. The van der Waals surface area contributed by atoms with Crippen LogP contribution in [-0.2, 0) is 0 Å². The second-order valence-corrected chi connectivity index (χ2v) is 6.32. The normalized spacial score (nSPS) is 12.6. The van der Waals surface area contributed by atoms with E-state index in [-0.39, 0.29) is 11.9 Å². The number of hydrogen-bond acceptors (Lipinski definition) is 3. The smallest absolute Gasteiger partial charge is 0.266 e. The Bertz CT molecular complexity index is 638. The van der Waals surface area contributed by atoms with Crippen molar-refractivity contribution in [1.82, 2.24) is 4.90 Å². The highest BCUT2D eigenvalue weighted by Crippen LogP contribution is 2.36. The topological polar surface area (TPSA) is 46.3 Å². The second kappa shape index (κ2) is 6.02. The van der Waals surface area contributed by atoms with E-state index in [0.29, 0.717) is 22.1 Å². The number of benzene rings is 1. The maximum atomic E-state index is 12.7. The Morgan fingerprint density at radius 1 is 1.45 bits per heavy atom. The van der Waals surface area contributed by atoms with Crippen molar-refractivity contribution in [2.24, 2.45) is 0 Å². The number of carbonyl (C=O) groups is 1. The van der Waals surface area contributed by atoms with Crippen LogP contribution in [0.2, 0.25) is 5.02 Å². The summed E-state index contributed by atoms with van der Waals surface area (Å²) < 4.78 is 0.996. The van der Waals surface area contributed by atoms with Crippen molar-refractivity contribution >= 4 is 44.6 Å². The molecule has 3 nitrogen and oxygen atoms in total. The lowest BCUT2D eigenvalue weighted by molar-refractivity contribution is 0.0706. The molecular formula is C15H19ClN2OS. The van der Waals surface area contributed by atoms with Crippen molar-refractivity contribution in [2.75, 3.05) is 12.3 Å². The van der Waals surface area contributed by atoms with Gasteiger partial charge in [-0.2, -0.15) is 0 Å². The van der Waals surface area contributed by atoms with Crippen LogP contribution in [0.3, 0.4) is 0 Å². The maximum absolute atomic E-state index is 12.7. The number of rotatable bonds is 4. The molecule has 5 heteroatoms. The van der Waals surface area contributed by atoms with Gasteiger partial charge in [-0.25, -0.2) is 0 Å². The van der Waals surface area contributed by atoms with Gasteiger partial charge in [0.15, 0.2) is 0 Å². The van der Waals surface area contributed by atoms with Gasteiger partial charge in [0.1, 0.15) is 4.88 Å². The highest BCUT2D eigenvalue weighted by atomic mass is 35.5. The van der Waals surface area contributed by atoms with Crippen molar-refractivity contribution in [3.63, 3.8) is 0 Å². The number of nitrogens with zero attached hydrogens (tertiary/aromatic N) is 1. The lowest BCUT2D eigenvalue weighted by Crippen LogP contribution is -2.37. The molecule has 0 aliphatic carbocycles. The summed E-state index contributed by atoms with van der Waals surface area (Å²) in [5, 5.41) is 1.50. The molecule has 0 aliphatic heterocycles. The molecule has 2 aromatic rings. The van der Waals surface area contributed by atoms with Crippen LogP contribution < -0.4 is 5.73 Å². The molecule has 20 heavy (non-hydrogen) atoms. The zero-order valence-corrected chi connectivity index (χ0v) is 13.5. The van der Waals surface area contributed by atoms with Gasteiger partial charge in [-0.15, -0.1) is 11.3 Å². The summed E-state index contributed by atoms with van der Waals surface area (Å²) in [6.07, 6.45) is 0.927. The standard InChI is InChI=1S/C15H19ClN2OS/c1-4-9(3)18(5-2)15(19)14-13(17)11-8-10(16)6-7-12(11)20-14/h6-9H,4-5,17H2,1-3H3. The molecule has 1 heterocycles. The largest absolute Gasteiger partial charge is 0.397 e. The first kappa shape index (κ1) is 15.1. The van der Waals surface area contributed by atoms with Crippen LogP contribution in [0.5, 0.6) is 0 Å². The molecule has 0 fully saturated rings. The SMILES string of the molecule is CCC(C)N(CC)C(=O)c1sc2ccc(Cl)cc2c1N. The van der Waals surface area contributed by atoms with E-state index >= 15 is 0 Å². The lowest BCUT2D eigenvalue weighted by atomic mass is 10.2. The molecular weight excluding hydrogens is 292 g/mol. The van der Waals surface area contributed by atoms with E-state index < -0.39 is 0 Å². The molecule has 0 saturated carbocycles. The number of carbonyl (C=O) groups excluding carboxylic acids is 1. The van der Waals surface area contributed by atoms with Gasteiger partial charge in [-0.1, -0.05) is 18.5 Å². The van der Waals surface area contributed by atoms with E-state index in [0.717, 1.165) is 16.5 Å². The van der Waals surface area contributed by atoms with Crippen molar-refractivity contribution in [3.05, 3.63) is 28.1 Å². The molecule has 0 radical (unpaired) electrons. The summed E-state index contributed by atoms with van der Waals surface area (Å²) in [6.45, 7) is 6.81. The minimum atomic E-state index is 0.0108. The predicted octanol–water partition coefficient (Wildman–Crippen LogP) is 4.40. The quantitative estimate of drug-likeness (QED) is 0.910. The second-order valence-electron chi connectivity index (χ2n) is 4.83. The molecule has 2 rings (SSSR count). The number of nitrogen functional groups attached to an aromatic ring is 1. The molecule has 0 aliphatic rings. The fourth-order valence-corrected chi connectivity index (χ4v) is 3.49. The third-order valence-corrected chi connectivity index (χ3v) is 5.02. The van der Waals surface area contributed by atoms with Crippen molar-refractivity contribution < 1.29 is 4.79 Å². The van der Waals surface area contributed by atoms with Crippen LogP contribution in [0.1, 0.15) is 36.9 Å². The molecule has 1 atom stereocenters. The number of fused-ring (bicyclic) bond motifs is 1. The fourth-order valence-electron chi connectivity index (χ4n) is 2.25. The first-order valence-corrected chi connectivity index (χ1v) is 7.97. The number of nitrogens with two attached hydrogens (primary N) is 1. The van der Waals surface area contributed by atoms with E-state index in [1.165, 1.54) is 11.3 Å². The number of thiophene rings is 1. The van der Waals surface area contributed by atoms with Crippen molar-refractivity contribution in [1.29, 1.82) is 0 Å². The minimum Gasteiger partial charge on any atom is -0.397 e. The minimum absolute atomic E-state index is 0.0108. The van der Waals surface area contributed by atoms with Crippen molar-refractivity contribution in [2.45, 2.75) is 33.2 Å². The van der Waals surface area contributed by atoms with E-state index in [9.17, 15) is 4.79 Å². The summed E-state index contributed by atoms with van der Waals surface area (Å²) in [6, 6.07) is 5.76. The number of anilines is 1. The highest BCUT2D eigenvalue weighted by molar-refractivity contribution is 7.21. The van der Waals surface area contributed by atoms with Gasteiger partial charge in [0.2, 0.25) is 0 Å². The summed E-state index contributed by atoms with van der Waals surface area (Å²) >= 11 is 7.43. The summed E-state index contributed by atoms with van der Waals surface area (Å²) in [4.78, 5) is 15.2. The maximum Gasteiger partial charge on any atom is 0.266 e. The molecule has 108 valence electrons. The van der Waals surface area contributed by atoms with E-state index in [4.69, 9.17) is 17.3 Å². The first-order valence-electron chi connectivity index (χ1n) is 6.78. The van der Waals surface area contributed by atoms with Crippen LogP contribution in [0.25, 0.3) is 10.1 Å². The van der Waals surface area contributed by atoms with E-state index in [2.05, 4.69) is 13.8 Å². The summed E-state index contributed by atoms with van der Waals surface area (Å²) in [5.41, 5.74) is 6.69. The van der Waals surface area contributed by atoms with E-state index in [1.807, 2.05) is 30.0 Å². The summed E-state index contributed by atoms with van der Waals surface area (Å²) in [7, 11) is 0. The number of amides is 1. The zero-order valence-electron chi connectivity index (χ0n) is 11.9. The third-order valence-electron chi connectivity index (χ3n) is 3.61. The Hall–Kier alpha value is -1.26. The Balaban J connectivity index is 2.47. The molecule has 1 amide bonds. The van der Waals surface area contributed by atoms with Crippen LogP contribution in [0.4, 0.5) is 5.69 Å². The Labute approximate surface area is 128 Å². The van der Waals surface area contributed by atoms with Crippen LogP contribution in [0.15, 0.2) is 18.2 Å². The average Bonchev–Trinajstić information content (AvgIpc) is 2.76. The molecule has 2 N–H and O–H groups in total. The lowest BCUT2D eigenvalue weighted by Gasteiger charge is -2.26. The third kappa shape index (κ3) is 2.63. The zero-order chi connectivity index (χ0) is 14.9. The van der Waals surface area contributed by atoms with Crippen LogP contribution >= 0.6 is 22.9 Å². The monoisotopic (exact) mass is 310 g/mol. The Kier molecular flexibility index (Phi) is 4.55. The van der Waals surface area contributed by atoms with Gasteiger partial charge in [0, 0.05) is 27.7 Å².